The van der Waals surface area contributed by atoms with Gasteiger partial charge in [-0.15, -0.1) is 0 Å². The van der Waals surface area contributed by atoms with Gasteiger partial charge in [-0.2, -0.15) is 0 Å². The number of nitrogens with one attached hydrogen (secondary N) is 1. The van der Waals surface area contributed by atoms with E-state index >= 15 is 0 Å². The van der Waals surface area contributed by atoms with Gasteiger partial charge in [0.2, 0.25) is 0 Å². The van der Waals surface area contributed by atoms with Gasteiger partial charge in [0.25, 0.3) is 0 Å². The molecule has 0 saturated heterocycles. The van der Waals surface area contributed by atoms with Crippen molar-refractivity contribution in [1.82, 2.24) is 14.9 Å². The molecular formula is C15H20ClN3S. The molecule has 0 amide bonds. The van der Waals surface area contributed by atoms with Crippen LogP contribution >= 0.6 is 23.4 Å². The van der Waals surface area contributed by atoms with Crippen molar-refractivity contribution < 1.29 is 0 Å². The lowest BCUT2D eigenvalue weighted by Crippen LogP contribution is -2.35. The molecule has 0 aliphatic heterocycles. The Morgan fingerprint density at radius 2 is 2.10 bits per heavy atom. The third-order valence-electron chi connectivity index (χ3n) is 2.82. The summed E-state index contributed by atoms with van der Waals surface area (Å²) in [5.41, 5.74) is 1.32. The number of rotatable bonds is 4. The monoisotopic (exact) mass is 309 g/mol. The summed E-state index contributed by atoms with van der Waals surface area (Å²) in [5, 5.41) is 5.22. The van der Waals surface area contributed by atoms with Crippen LogP contribution in [0.4, 0.5) is 0 Å². The van der Waals surface area contributed by atoms with Crippen LogP contribution in [0.25, 0.3) is 0 Å². The van der Waals surface area contributed by atoms with Gasteiger partial charge in [-0.1, -0.05) is 29.4 Å². The fourth-order valence-corrected chi connectivity index (χ4v) is 2.89. The third kappa shape index (κ3) is 4.27. The van der Waals surface area contributed by atoms with Crippen LogP contribution in [0.1, 0.15) is 26.3 Å². The molecule has 1 N–H and O–H groups in total. The van der Waals surface area contributed by atoms with E-state index in [4.69, 9.17) is 11.6 Å². The largest absolute Gasteiger partial charge is 0.329 e. The second-order valence-corrected chi connectivity index (χ2v) is 7.22. The normalized spacial score (nSPS) is 11.8. The van der Waals surface area contributed by atoms with E-state index in [1.807, 2.05) is 29.9 Å². The molecule has 5 heteroatoms. The van der Waals surface area contributed by atoms with E-state index in [0.717, 1.165) is 21.6 Å². The molecule has 0 saturated carbocycles. The summed E-state index contributed by atoms with van der Waals surface area (Å²) in [7, 11) is 1.99. The average Bonchev–Trinajstić information content (AvgIpc) is 2.73. The van der Waals surface area contributed by atoms with Gasteiger partial charge in [0.15, 0.2) is 5.16 Å². The smallest absolute Gasteiger partial charge is 0.172 e. The highest BCUT2D eigenvalue weighted by molar-refractivity contribution is 7.99. The van der Waals surface area contributed by atoms with E-state index in [1.54, 1.807) is 18.0 Å². The summed E-state index contributed by atoms with van der Waals surface area (Å²) in [6.45, 7) is 7.30. The highest BCUT2D eigenvalue weighted by atomic mass is 35.5. The first-order chi connectivity index (χ1) is 9.35. The molecule has 108 valence electrons. The Morgan fingerprint density at radius 3 is 2.70 bits per heavy atom. The maximum Gasteiger partial charge on any atom is 0.172 e. The highest BCUT2D eigenvalue weighted by Gasteiger charge is 2.12. The maximum absolute atomic E-state index is 6.13. The number of nitrogens with zero attached hydrogens (tertiary/aromatic N) is 2. The SMILES string of the molecule is Cn1ccnc1Sc1cc(Cl)ccc1CNC(C)(C)C. The lowest BCUT2D eigenvalue weighted by Gasteiger charge is -2.21. The van der Waals surface area contributed by atoms with E-state index in [9.17, 15) is 0 Å². The zero-order valence-electron chi connectivity index (χ0n) is 12.3. The predicted octanol–water partition coefficient (Wildman–Crippen LogP) is 4.11. The zero-order chi connectivity index (χ0) is 14.8. The molecular weight excluding hydrogens is 290 g/mol. The second-order valence-electron chi connectivity index (χ2n) is 5.78. The third-order valence-corrected chi connectivity index (χ3v) is 4.23. The minimum absolute atomic E-state index is 0.0881. The molecule has 0 spiro atoms. The van der Waals surface area contributed by atoms with Gasteiger partial charge in [0.05, 0.1) is 0 Å². The lowest BCUT2D eigenvalue weighted by atomic mass is 10.1. The quantitative estimate of drug-likeness (QED) is 0.921. The Labute approximate surface area is 129 Å². The number of aromatic nitrogens is 2. The van der Waals surface area contributed by atoms with Crippen molar-refractivity contribution in [2.45, 2.75) is 42.9 Å². The molecule has 0 fully saturated rings. The summed E-state index contributed by atoms with van der Waals surface area (Å²) in [4.78, 5) is 5.50. The van der Waals surface area contributed by atoms with Gasteiger partial charge in [-0.05, 0) is 38.5 Å². The number of halogens is 1. The number of benzene rings is 1. The van der Waals surface area contributed by atoms with E-state index in [1.165, 1.54) is 5.56 Å². The number of hydrogen-bond acceptors (Lipinski definition) is 3. The van der Waals surface area contributed by atoms with Gasteiger partial charge in [0.1, 0.15) is 0 Å². The van der Waals surface area contributed by atoms with E-state index in [-0.39, 0.29) is 5.54 Å². The Bertz CT molecular complexity index is 587. The van der Waals surface area contributed by atoms with Crippen molar-refractivity contribution >= 4 is 23.4 Å². The van der Waals surface area contributed by atoms with Gasteiger partial charge >= 0.3 is 0 Å². The molecule has 1 aromatic carbocycles. The fraction of sp³-hybridized carbons (Fsp3) is 0.400. The summed E-state index contributed by atoms with van der Waals surface area (Å²) in [6, 6.07) is 6.01. The second kappa shape index (κ2) is 6.20. The van der Waals surface area contributed by atoms with Crippen molar-refractivity contribution in [3.05, 3.63) is 41.2 Å². The van der Waals surface area contributed by atoms with Crippen LogP contribution in [0.15, 0.2) is 40.6 Å². The molecule has 0 bridgehead atoms. The molecule has 0 unspecified atom stereocenters. The minimum Gasteiger partial charge on any atom is -0.329 e. The number of imidazole rings is 1. The first-order valence-electron chi connectivity index (χ1n) is 6.54. The van der Waals surface area contributed by atoms with Gasteiger partial charge in [0, 0.05) is 41.4 Å². The van der Waals surface area contributed by atoms with Crippen molar-refractivity contribution in [2.24, 2.45) is 7.05 Å². The summed E-state index contributed by atoms with van der Waals surface area (Å²) >= 11 is 7.77. The molecule has 1 heterocycles. The Balaban J connectivity index is 2.22. The Morgan fingerprint density at radius 1 is 1.35 bits per heavy atom. The summed E-state index contributed by atoms with van der Waals surface area (Å²) in [6.07, 6.45) is 3.75. The molecule has 3 nitrogen and oxygen atoms in total. The summed E-state index contributed by atoms with van der Waals surface area (Å²) in [5.74, 6) is 0. The van der Waals surface area contributed by atoms with Crippen LogP contribution in [0.2, 0.25) is 5.02 Å². The predicted molar refractivity (Wildman–Crippen MR) is 85.4 cm³/mol. The molecule has 0 aliphatic carbocycles. The van der Waals surface area contributed by atoms with Gasteiger partial charge in [-0.25, -0.2) is 4.98 Å². The van der Waals surface area contributed by atoms with Crippen molar-refractivity contribution in [2.75, 3.05) is 0 Å². The topological polar surface area (TPSA) is 29.9 Å². The summed E-state index contributed by atoms with van der Waals surface area (Å²) < 4.78 is 2.01. The first kappa shape index (κ1) is 15.4. The van der Waals surface area contributed by atoms with E-state index < -0.39 is 0 Å². The van der Waals surface area contributed by atoms with Crippen LogP contribution in [0.5, 0.6) is 0 Å². The number of aryl methyl sites for hydroxylation is 1. The Kier molecular flexibility index (Phi) is 4.78. The van der Waals surface area contributed by atoms with Gasteiger partial charge in [-0.3, -0.25) is 0 Å². The highest BCUT2D eigenvalue weighted by Crippen LogP contribution is 2.31. The van der Waals surface area contributed by atoms with Gasteiger partial charge < -0.3 is 9.88 Å². The average molecular weight is 310 g/mol. The van der Waals surface area contributed by atoms with Crippen molar-refractivity contribution in [3.8, 4) is 0 Å². The minimum atomic E-state index is 0.0881. The Hall–Kier alpha value is -0.970. The molecule has 20 heavy (non-hydrogen) atoms. The van der Waals surface area contributed by atoms with Crippen LogP contribution < -0.4 is 5.32 Å². The van der Waals surface area contributed by atoms with Crippen LogP contribution in [0, 0.1) is 0 Å². The van der Waals surface area contributed by atoms with Crippen LogP contribution in [-0.4, -0.2) is 15.1 Å². The van der Waals surface area contributed by atoms with Crippen molar-refractivity contribution in [3.63, 3.8) is 0 Å². The molecule has 2 aromatic rings. The molecule has 1 aromatic heterocycles. The zero-order valence-corrected chi connectivity index (χ0v) is 13.8. The number of hydrogen-bond donors (Lipinski definition) is 1. The van der Waals surface area contributed by atoms with Crippen LogP contribution in [0.3, 0.4) is 0 Å². The van der Waals surface area contributed by atoms with E-state index in [2.05, 4.69) is 37.1 Å². The van der Waals surface area contributed by atoms with Crippen molar-refractivity contribution in [1.29, 1.82) is 0 Å². The molecule has 0 aliphatic rings. The maximum atomic E-state index is 6.13. The first-order valence-corrected chi connectivity index (χ1v) is 7.73. The lowest BCUT2D eigenvalue weighted by molar-refractivity contribution is 0.422. The standard InChI is InChI=1S/C15H20ClN3S/c1-15(2,3)18-10-11-5-6-12(16)9-13(11)20-14-17-7-8-19(14)4/h5-9,18H,10H2,1-4H3. The molecule has 2 rings (SSSR count). The fourth-order valence-electron chi connectivity index (χ4n) is 1.68. The molecule has 0 atom stereocenters. The van der Waals surface area contributed by atoms with Crippen LogP contribution in [-0.2, 0) is 13.6 Å². The molecule has 0 radical (unpaired) electrons. The van der Waals surface area contributed by atoms with E-state index in [0.29, 0.717) is 0 Å².